The van der Waals surface area contributed by atoms with Gasteiger partial charge in [0.2, 0.25) is 0 Å². The van der Waals surface area contributed by atoms with E-state index in [1.807, 2.05) is 0 Å². The van der Waals surface area contributed by atoms with Gasteiger partial charge in [-0.15, -0.1) is 0 Å². The molecule has 203 valence electrons. The molecule has 0 unspecified atom stereocenters. The molecule has 0 aromatic carbocycles. The zero-order valence-corrected chi connectivity index (χ0v) is 28.2. The standard InChI is InChI=1S/3Al.3Ca.Mn.Mo.5H3O4P.15H/c;;;;;;;;5*1-5(2,3)4;;;;;;;;;;;;;;;/h;;;;;;;;5*(H3,1,2,3,4);;;;;;;;;;;;;;;/q;;;3*+2;;;;;;;;;;;;;;;;;6*-1. The van der Waals surface area contributed by atoms with Crippen LogP contribution in [0, 0.1) is 0 Å². The molecular formula is H30Al3Ca3MnMoO20P5. The molecule has 0 amide bonds. The average molecular weight is 857 g/mol. The largest absolute Gasteiger partial charge is 2.00 e. The van der Waals surface area contributed by atoms with E-state index in [1.165, 1.54) is 0 Å². The minimum absolute atomic E-state index is 0. The van der Waals surface area contributed by atoms with Gasteiger partial charge in [0.1, 0.15) is 0 Å². The van der Waals surface area contributed by atoms with Crippen molar-refractivity contribution in [2.45, 2.75) is 0 Å². The van der Waals surface area contributed by atoms with Gasteiger partial charge in [-0.05, 0) is 0 Å². The maximum atomic E-state index is 8.88. The molecule has 1 radical (unpaired) electrons. The van der Waals surface area contributed by atoms with E-state index < -0.39 is 39.1 Å². The Morgan fingerprint density at radius 2 is 0.333 bits per heavy atom. The molecule has 0 aliphatic carbocycles. The van der Waals surface area contributed by atoms with Crippen molar-refractivity contribution in [2.75, 3.05) is 0 Å². The Balaban J connectivity index is -0.00000000692. The minimum atomic E-state index is -4.64. The van der Waals surface area contributed by atoms with Gasteiger partial charge in [-0.25, -0.2) is 22.8 Å². The van der Waals surface area contributed by atoms with Crippen molar-refractivity contribution < 1.29 is 143 Å². The van der Waals surface area contributed by atoms with Gasteiger partial charge in [-0.3, -0.25) is 0 Å². The molecule has 0 saturated heterocycles. The summed E-state index contributed by atoms with van der Waals surface area (Å²) < 4.78 is 44.4. The Bertz CT molecular complexity index is 430. The molecule has 0 aromatic rings. The summed E-state index contributed by atoms with van der Waals surface area (Å²) in [5.41, 5.74) is 0. The summed E-state index contributed by atoms with van der Waals surface area (Å²) in [5, 5.41) is 0. The number of hydrogen-bond acceptors (Lipinski definition) is 5. The Morgan fingerprint density at radius 3 is 0.333 bits per heavy atom. The molecule has 0 atom stereocenters. The maximum Gasteiger partial charge on any atom is 2.00 e. The summed E-state index contributed by atoms with van der Waals surface area (Å²) in [6.45, 7) is 0. The first kappa shape index (κ1) is 83.5. The molecule has 0 aromatic heterocycles. The third-order valence-electron chi connectivity index (χ3n) is 0. The van der Waals surface area contributed by atoms with Crippen molar-refractivity contribution in [2.24, 2.45) is 0 Å². The summed E-state index contributed by atoms with van der Waals surface area (Å²) >= 11 is 0. The molecule has 0 rings (SSSR count). The normalized spacial score (nSPS) is 8.94. The first-order valence-electron chi connectivity index (χ1n) is 3.91. The SMILES string of the molecule is O=P(O)(O)O.O=P(O)(O)O.O=P(O)(O)O.O=P(O)(O)O.O=P(O)(O)O.[AlH3].[AlH3].[AlH3].[Ca+2].[Ca+2].[Ca+2].[H-].[H-].[H-].[H-].[H-].[H-].[Mn].[Mo]. The van der Waals surface area contributed by atoms with Crippen LogP contribution in [0.25, 0.3) is 0 Å². The van der Waals surface area contributed by atoms with Crippen molar-refractivity contribution in [1.82, 2.24) is 0 Å². The Kier molecular flexibility index (Phi) is 104. The Hall–Kier alpha value is 7.13. The quantitative estimate of drug-likeness (QED) is 0.0794. The zero-order chi connectivity index (χ0) is 22.5. The molecule has 0 aliphatic rings. The molecule has 33 heavy (non-hydrogen) atoms. The van der Waals surface area contributed by atoms with Crippen molar-refractivity contribution in [3.05, 3.63) is 0 Å². The van der Waals surface area contributed by atoms with Gasteiger partial charge < -0.3 is 82.0 Å². The van der Waals surface area contributed by atoms with Crippen LogP contribution in [-0.2, 0) is 61.0 Å². The predicted octanol–water partition coefficient (Wildman–Crippen LogP) is -8.67. The monoisotopic (exact) mass is 859 g/mol. The van der Waals surface area contributed by atoms with Gasteiger partial charge in [-0.1, -0.05) is 0 Å². The second kappa shape index (κ2) is 41.3. The van der Waals surface area contributed by atoms with Crippen molar-refractivity contribution in [3.63, 3.8) is 0 Å². The molecule has 0 bridgehead atoms. The van der Waals surface area contributed by atoms with Gasteiger partial charge in [0.15, 0.2) is 52.1 Å². The van der Waals surface area contributed by atoms with E-state index in [1.54, 1.807) is 0 Å². The topological polar surface area (TPSA) is 389 Å². The summed E-state index contributed by atoms with van der Waals surface area (Å²) in [5.74, 6) is 0. The second-order valence-electron chi connectivity index (χ2n) is 2.57. The van der Waals surface area contributed by atoms with E-state index in [0.717, 1.165) is 0 Å². The van der Waals surface area contributed by atoms with Crippen LogP contribution in [0.5, 0.6) is 0 Å². The fraction of sp³-hybridized carbons (Fsp3) is 0. The fourth-order valence-corrected chi connectivity index (χ4v) is 0. The molecule has 0 saturated carbocycles. The van der Waals surface area contributed by atoms with Gasteiger partial charge in [-0.2, -0.15) is 0 Å². The third kappa shape index (κ3) is 1060. The van der Waals surface area contributed by atoms with Crippen LogP contribution in [0.2, 0.25) is 0 Å². The molecule has 0 aliphatic heterocycles. The van der Waals surface area contributed by atoms with E-state index in [4.69, 9.17) is 96.2 Å². The molecule has 0 spiro atoms. The van der Waals surface area contributed by atoms with E-state index in [0.29, 0.717) is 0 Å². The smallest absolute Gasteiger partial charge is 1.00 e. The van der Waals surface area contributed by atoms with Gasteiger partial charge in [0.25, 0.3) is 0 Å². The van der Waals surface area contributed by atoms with Crippen LogP contribution in [-0.4, -0.2) is 239 Å². The van der Waals surface area contributed by atoms with Gasteiger partial charge in [0, 0.05) is 38.1 Å². The van der Waals surface area contributed by atoms with Crippen molar-refractivity contribution >= 4 is 204 Å². The summed E-state index contributed by atoms with van der Waals surface area (Å²) in [7, 11) is -23.2. The van der Waals surface area contributed by atoms with Crippen LogP contribution < -0.4 is 0 Å². The van der Waals surface area contributed by atoms with Crippen LogP contribution in [0.3, 0.4) is 0 Å². The number of hydrogen-bond donors (Lipinski definition) is 15. The average Bonchev–Trinajstić information content (AvgIpc) is 1.79. The van der Waals surface area contributed by atoms with Crippen LogP contribution >= 0.6 is 39.1 Å². The molecule has 20 nitrogen and oxygen atoms in total. The number of rotatable bonds is 0. The second-order valence-corrected chi connectivity index (χ2v) is 7.70. The van der Waals surface area contributed by atoms with Crippen molar-refractivity contribution in [3.8, 4) is 0 Å². The molecule has 15 N–H and O–H groups in total. The van der Waals surface area contributed by atoms with Gasteiger partial charge in [0.05, 0.1) is 0 Å². The molecule has 0 heterocycles. The maximum absolute atomic E-state index is 8.88. The zero-order valence-electron chi connectivity index (χ0n) is 19.9. The summed E-state index contributed by atoms with van der Waals surface area (Å²) in [6, 6.07) is 0. The summed E-state index contributed by atoms with van der Waals surface area (Å²) in [4.78, 5) is 108. The van der Waals surface area contributed by atoms with E-state index in [9.17, 15) is 0 Å². The molecule has 0 fully saturated rings. The predicted molar refractivity (Wildman–Crippen MR) is 125 cm³/mol. The Morgan fingerprint density at radius 1 is 0.333 bits per heavy atom. The van der Waals surface area contributed by atoms with Crippen LogP contribution in [0.4, 0.5) is 0 Å². The first-order chi connectivity index (χ1) is 10.0. The van der Waals surface area contributed by atoms with Crippen molar-refractivity contribution in [1.29, 1.82) is 0 Å². The number of phosphoric acid groups is 5. The van der Waals surface area contributed by atoms with E-state index in [2.05, 4.69) is 0 Å². The van der Waals surface area contributed by atoms with Gasteiger partial charge >= 0.3 is 152 Å². The van der Waals surface area contributed by atoms with E-state index in [-0.39, 0.29) is 212 Å². The Labute approximate surface area is 341 Å². The molecule has 33 heteroatoms. The van der Waals surface area contributed by atoms with Crippen LogP contribution in [0.1, 0.15) is 8.56 Å². The minimum Gasteiger partial charge on any atom is -1.00 e. The molecular weight excluding hydrogens is 827 g/mol. The third-order valence-corrected chi connectivity index (χ3v) is 0. The first-order valence-corrected chi connectivity index (χ1v) is 11.7. The summed E-state index contributed by atoms with van der Waals surface area (Å²) in [6.07, 6.45) is 0. The van der Waals surface area contributed by atoms with E-state index >= 15 is 0 Å². The van der Waals surface area contributed by atoms with Crippen LogP contribution in [0.15, 0.2) is 0 Å². The fourth-order valence-electron chi connectivity index (χ4n) is 0.